The van der Waals surface area contributed by atoms with Crippen LogP contribution in [0.3, 0.4) is 0 Å². The molecule has 1 amide bonds. The lowest BCUT2D eigenvalue weighted by Crippen LogP contribution is -2.20. The van der Waals surface area contributed by atoms with Crippen LogP contribution in [0.1, 0.15) is 0 Å². The molecule has 1 N–H and O–H groups in total. The molecule has 0 heterocycles. The molecular weight excluding hydrogens is 286 g/mol. The second-order valence-corrected chi connectivity index (χ2v) is 5.10. The first-order chi connectivity index (χ1) is 10.2. The first-order valence-electron chi connectivity index (χ1n) is 6.42. The second kappa shape index (κ2) is 7.59. The molecule has 0 aliphatic carbocycles. The standard InChI is InChI=1S/C16H17NO3S/c1-19-14-8-3-4-9-15(14)20-11-16(18)17-12-6-5-7-13(10-12)21-2/h3-10H,11H2,1-2H3,(H,17,18). The summed E-state index contributed by atoms with van der Waals surface area (Å²) in [5.74, 6) is 0.946. The fraction of sp³-hybridized carbons (Fsp3) is 0.188. The second-order valence-electron chi connectivity index (χ2n) is 4.22. The third kappa shape index (κ3) is 4.43. The Balaban J connectivity index is 1.92. The smallest absolute Gasteiger partial charge is 0.262 e. The van der Waals surface area contributed by atoms with Crippen LogP contribution in [-0.4, -0.2) is 25.9 Å². The van der Waals surface area contributed by atoms with Crippen LogP contribution in [0.25, 0.3) is 0 Å². The van der Waals surface area contributed by atoms with Crippen LogP contribution in [0.4, 0.5) is 5.69 Å². The number of hydrogen-bond donors (Lipinski definition) is 1. The zero-order valence-corrected chi connectivity index (χ0v) is 12.8. The number of anilines is 1. The molecule has 4 nitrogen and oxygen atoms in total. The Morgan fingerprint density at radius 1 is 1.14 bits per heavy atom. The van der Waals surface area contributed by atoms with Gasteiger partial charge in [-0.25, -0.2) is 0 Å². The largest absolute Gasteiger partial charge is 0.493 e. The zero-order valence-electron chi connectivity index (χ0n) is 12.0. The maximum absolute atomic E-state index is 11.9. The summed E-state index contributed by atoms with van der Waals surface area (Å²) in [6, 6.07) is 14.9. The van der Waals surface area contributed by atoms with Crippen LogP contribution in [0.2, 0.25) is 0 Å². The molecule has 0 spiro atoms. The minimum Gasteiger partial charge on any atom is -0.493 e. The van der Waals surface area contributed by atoms with E-state index < -0.39 is 0 Å². The fourth-order valence-corrected chi connectivity index (χ4v) is 2.24. The summed E-state index contributed by atoms with van der Waals surface area (Å²) >= 11 is 1.63. The molecule has 0 aliphatic heterocycles. The quantitative estimate of drug-likeness (QED) is 0.831. The van der Waals surface area contributed by atoms with Crippen LogP contribution in [0.15, 0.2) is 53.4 Å². The number of hydrogen-bond acceptors (Lipinski definition) is 4. The van der Waals surface area contributed by atoms with Crippen molar-refractivity contribution in [2.75, 3.05) is 25.3 Å². The number of methoxy groups -OCH3 is 1. The minimum absolute atomic E-state index is 0.0656. The van der Waals surface area contributed by atoms with Crippen LogP contribution in [-0.2, 0) is 4.79 Å². The molecular formula is C16H17NO3S. The van der Waals surface area contributed by atoms with Gasteiger partial charge < -0.3 is 14.8 Å². The molecule has 0 aliphatic rings. The van der Waals surface area contributed by atoms with Gasteiger partial charge in [0.1, 0.15) is 0 Å². The number of thioether (sulfide) groups is 1. The summed E-state index contributed by atoms with van der Waals surface area (Å²) in [5, 5.41) is 2.81. The minimum atomic E-state index is -0.209. The summed E-state index contributed by atoms with van der Waals surface area (Å²) in [7, 11) is 1.57. The van der Waals surface area contributed by atoms with Crippen LogP contribution in [0, 0.1) is 0 Å². The first kappa shape index (κ1) is 15.3. The average molecular weight is 303 g/mol. The number of para-hydroxylation sites is 2. The molecule has 21 heavy (non-hydrogen) atoms. The van der Waals surface area contributed by atoms with Gasteiger partial charge in [0, 0.05) is 10.6 Å². The highest BCUT2D eigenvalue weighted by atomic mass is 32.2. The van der Waals surface area contributed by atoms with Gasteiger partial charge in [0.25, 0.3) is 5.91 Å². The van der Waals surface area contributed by atoms with E-state index in [0.717, 1.165) is 10.6 Å². The molecule has 5 heteroatoms. The lowest BCUT2D eigenvalue weighted by atomic mass is 10.3. The number of carbonyl (C=O) groups excluding carboxylic acids is 1. The Bertz CT molecular complexity index is 616. The van der Waals surface area contributed by atoms with Crippen molar-refractivity contribution < 1.29 is 14.3 Å². The SMILES string of the molecule is COc1ccccc1OCC(=O)Nc1cccc(SC)c1. The predicted octanol–water partition coefficient (Wildman–Crippen LogP) is 3.43. The van der Waals surface area contributed by atoms with Crippen molar-refractivity contribution in [1.29, 1.82) is 0 Å². The molecule has 110 valence electrons. The summed E-state index contributed by atoms with van der Waals surface area (Å²) in [5.41, 5.74) is 0.760. The Morgan fingerprint density at radius 2 is 1.90 bits per heavy atom. The molecule has 0 saturated heterocycles. The lowest BCUT2D eigenvalue weighted by Gasteiger charge is -2.10. The van der Waals surface area contributed by atoms with E-state index in [1.165, 1.54) is 0 Å². The lowest BCUT2D eigenvalue weighted by molar-refractivity contribution is -0.118. The van der Waals surface area contributed by atoms with Crippen LogP contribution in [0.5, 0.6) is 11.5 Å². The maximum Gasteiger partial charge on any atom is 0.262 e. The van der Waals surface area contributed by atoms with E-state index in [1.54, 1.807) is 31.0 Å². The normalized spacial score (nSPS) is 10.0. The van der Waals surface area contributed by atoms with Crippen LogP contribution < -0.4 is 14.8 Å². The van der Waals surface area contributed by atoms with E-state index >= 15 is 0 Å². The van der Waals surface area contributed by atoms with Crippen molar-refractivity contribution in [2.45, 2.75) is 4.90 Å². The molecule has 0 atom stereocenters. The van der Waals surface area contributed by atoms with E-state index in [1.807, 2.05) is 42.7 Å². The van der Waals surface area contributed by atoms with E-state index in [9.17, 15) is 4.79 Å². The summed E-state index contributed by atoms with van der Waals surface area (Å²) in [6.45, 7) is -0.0656. The number of carbonyl (C=O) groups is 1. The molecule has 0 unspecified atom stereocenters. The van der Waals surface area contributed by atoms with Crippen molar-refractivity contribution in [3.05, 3.63) is 48.5 Å². The van der Waals surface area contributed by atoms with Crippen molar-refractivity contribution >= 4 is 23.4 Å². The van der Waals surface area contributed by atoms with E-state index in [-0.39, 0.29) is 12.5 Å². The molecule has 2 aromatic carbocycles. The number of amides is 1. The Hall–Kier alpha value is -2.14. The Morgan fingerprint density at radius 3 is 2.62 bits per heavy atom. The molecule has 2 rings (SSSR count). The van der Waals surface area contributed by atoms with Gasteiger partial charge in [-0.3, -0.25) is 4.79 Å². The van der Waals surface area contributed by atoms with Crippen molar-refractivity contribution in [1.82, 2.24) is 0 Å². The van der Waals surface area contributed by atoms with Gasteiger partial charge in [0.05, 0.1) is 7.11 Å². The highest BCUT2D eigenvalue weighted by molar-refractivity contribution is 7.98. The fourth-order valence-electron chi connectivity index (χ4n) is 1.78. The number of benzene rings is 2. The van der Waals surface area contributed by atoms with E-state index in [2.05, 4.69) is 5.32 Å². The number of rotatable bonds is 6. The molecule has 0 aromatic heterocycles. The zero-order chi connectivity index (χ0) is 15.1. The Labute approximate surface area is 128 Å². The highest BCUT2D eigenvalue weighted by Crippen LogP contribution is 2.25. The summed E-state index contributed by atoms with van der Waals surface area (Å²) in [4.78, 5) is 13.0. The number of nitrogens with one attached hydrogen (secondary N) is 1. The van der Waals surface area contributed by atoms with Gasteiger partial charge >= 0.3 is 0 Å². The third-order valence-corrected chi connectivity index (χ3v) is 3.51. The Kier molecular flexibility index (Phi) is 5.51. The van der Waals surface area contributed by atoms with Crippen LogP contribution >= 0.6 is 11.8 Å². The van der Waals surface area contributed by atoms with Gasteiger partial charge in [0.2, 0.25) is 0 Å². The first-order valence-corrected chi connectivity index (χ1v) is 7.65. The molecule has 0 fully saturated rings. The number of ether oxygens (including phenoxy) is 2. The predicted molar refractivity (Wildman–Crippen MR) is 85.3 cm³/mol. The summed E-state index contributed by atoms with van der Waals surface area (Å²) in [6.07, 6.45) is 1.99. The highest BCUT2D eigenvalue weighted by Gasteiger charge is 2.07. The third-order valence-electron chi connectivity index (χ3n) is 2.78. The summed E-state index contributed by atoms with van der Waals surface area (Å²) < 4.78 is 10.6. The van der Waals surface area contributed by atoms with Crippen molar-refractivity contribution in [3.8, 4) is 11.5 Å². The monoisotopic (exact) mass is 303 g/mol. The van der Waals surface area contributed by atoms with E-state index in [4.69, 9.17) is 9.47 Å². The topological polar surface area (TPSA) is 47.6 Å². The van der Waals surface area contributed by atoms with Crippen molar-refractivity contribution in [3.63, 3.8) is 0 Å². The van der Waals surface area contributed by atoms with Gasteiger partial charge in [-0.15, -0.1) is 11.8 Å². The maximum atomic E-state index is 11.9. The molecule has 0 bridgehead atoms. The van der Waals surface area contributed by atoms with Gasteiger partial charge in [0.15, 0.2) is 18.1 Å². The average Bonchev–Trinajstić information content (AvgIpc) is 2.53. The van der Waals surface area contributed by atoms with Crippen molar-refractivity contribution in [2.24, 2.45) is 0 Å². The molecule has 0 radical (unpaired) electrons. The van der Waals surface area contributed by atoms with Gasteiger partial charge in [-0.1, -0.05) is 18.2 Å². The van der Waals surface area contributed by atoms with E-state index in [0.29, 0.717) is 11.5 Å². The van der Waals surface area contributed by atoms with Gasteiger partial charge in [-0.2, -0.15) is 0 Å². The molecule has 0 saturated carbocycles. The molecule has 2 aromatic rings. The van der Waals surface area contributed by atoms with Gasteiger partial charge in [-0.05, 0) is 36.6 Å².